The summed E-state index contributed by atoms with van der Waals surface area (Å²) in [6.07, 6.45) is 1.89. The van der Waals surface area contributed by atoms with Crippen molar-refractivity contribution in [2.75, 3.05) is 26.2 Å². The molecule has 0 bridgehead atoms. The Bertz CT molecular complexity index is 1340. The van der Waals surface area contributed by atoms with Crippen LogP contribution in [-0.2, 0) is 0 Å². The lowest BCUT2D eigenvalue weighted by Crippen LogP contribution is -2.10. The summed E-state index contributed by atoms with van der Waals surface area (Å²) in [5.41, 5.74) is 5.07. The van der Waals surface area contributed by atoms with E-state index >= 15 is 0 Å². The van der Waals surface area contributed by atoms with Gasteiger partial charge in [-0.3, -0.25) is 0 Å². The van der Waals surface area contributed by atoms with Crippen LogP contribution in [0.25, 0.3) is 16.6 Å². The van der Waals surface area contributed by atoms with Crippen LogP contribution >= 0.6 is 0 Å². The van der Waals surface area contributed by atoms with Crippen LogP contribution in [0.2, 0.25) is 0 Å². The number of aromatic nitrogens is 2. The van der Waals surface area contributed by atoms with Crippen molar-refractivity contribution < 1.29 is 14.2 Å². The summed E-state index contributed by atoms with van der Waals surface area (Å²) in [5.74, 6) is 2.45. The molecule has 6 heteroatoms. The van der Waals surface area contributed by atoms with Gasteiger partial charge < -0.3 is 19.1 Å². The number of fused-ring (bicyclic) bond motifs is 1. The second-order valence-corrected chi connectivity index (χ2v) is 7.73. The van der Waals surface area contributed by atoms with Gasteiger partial charge >= 0.3 is 0 Å². The first kappa shape index (κ1) is 21.4. The highest BCUT2D eigenvalue weighted by Crippen LogP contribution is 2.37. The van der Waals surface area contributed by atoms with Gasteiger partial charge in [-0.1, -0.05) is 0 Å². The van der Waals surface area contributed by atoms with Crippen molar-refractivity contribution in [2.24, 2.45) is 0 Å². The Kier molecular flexibility index (Phi) is 5.79. The third-order valence-electron chi connectivity index (χ3n) is 5.79. The summed E-state index contributed by atoms with van der Waals surface area (Å²) in [4.78, 5) is 2.20. The van der Waals surface area contributed by atoms with Gasteiger partial charge in [0.2, 0.25) is 0 Å². The molecule has 0 saturated heterocycles. The van der Waals surface area contributed by atoms with Gasteiger partial charge in [-0.2, -0.15) is 5.10 Å². The summed E-state index contributed by atoms with van der Waals surface area (Å²) in [7, 11) is 5.01. The summed E-state index contributed by atoms with van der Waals surface area (Å²) >= 11 is 0. The van der Waals surface area contributed by atoms with E-state index in [1.807, 2.05) is 83.7 Å². The summed E-state index contributed by atoms with van der Waals surface area (Å²) in [5, 5.41) is 5.68. The minimum Gasteiger partial charge on any atom is -0.497 e. The minimum absolute atomic E-state index is 0.814. The van der Waals surface area contributed by atoms with Gasteiger partial charge in [0.05, 0.1) is 38.7 Å². The summed E-state index contributed by atoms with van der Waals surface area (Å²) in [6, 6.07) is 30.3. The van der Waals surface area contributed by atoms with E-state index in [0.29, 0.717) is 0 Å². The second-order valence-electron chi connectivity index (χ2n) is 7.73. The zero-order chi connectivity index (χ0) is 23.5. The predicted octanol–water partition coefficient (Wildman–Crippen LogP) is 6.52. The lowest BCUT2D eigenvalue weighted by molar-refractivity contribution is 0.414. The maximum atomic E-state index is 5.35. The Labute approximate surface area is 198 Å². The van der Waals surface area contributed by atoms with E-state index in [2.05, 4.69) is 28.2 Å². The van der Waals surface area contributed by atoms with Crippen molar-refractivity contribution in [1.29, 1.82) is 0 Å². The van der Waals surface area contributed by atoms with E-state index in [1.165, 1.54) is 0 Å². The molecule has 4 aromatic carbocycles. The topological polar surface area (TPSA) is 48.8 Å². The fraction of sp³-hybridized carbons (Fsp3) is 0.107. The first-order chi connectivity index (χ1) is 16.7. The molecule has 0 fully saturated rings. The molecule has 0 radical (unpaired) electrons. The molecule has 0 N–H and O–H groups in total. The fourth-order valence-electron chi connectivity index (χ4n) is 4.00. The molecular formula is C28H25N3O3. The van der Waals surface area contributed by atoms with E-state index in [9.17, 15) is 0 Å². The number of ether oxygens (including phenoxy) is 3. The number of nitrogens with zero attached hydrogens (tertiary/aromatic N) is 3. The van der Waals surface area contributed by atoms with Crippen LogP contribution in [0.5, 0.6) is 17.2 Å². The van der Waals surface area contributed by atoms with Crippen LogP contribution in [-0.4, -0.2) is 31.1 Å². The number of hydrogen-bond acceptors (Lipinski definition) is 5. The van der Waals surface area contributed by atoms with Gasteiger partial charge in [-0.25, -0.2) is 4.68 Å². The molecule has 0 spiro atoms. The molecule has 5 aromatic rings. The number of anilines is 3. The quantitative estimate of drug-likeness (QED) is 0.282. The average Bonchev–Trinajstić information content (AvgIpc) is 3.33. The highest BCUT2D eigenvalue weighted by atomic mass is 16.5. The first-order valence-corrected chi connectivity index (χ1v) is 10.9. The smallest absolute Gasteiger partial charge is 0.119 e. The lowest BCUT2D eigenvalue weighted by atomic mass is 10.1. The maximum absolute atomic E-state index is 5.35. The molecule has 1 aromatic heterocycles. The Morgan fingerprint density at radius 3 is 1.56 bits per heavy atom. The van der Waals surface area contributed by atoms with Crippen molar-refractivity contribution in [3.63, 3.8) is 0 Å². The standard InChI is InChI=1S/C28H25N3O3/c1-32-25-11-4-21(5-12-25)30(22-6-13-26(33-2)14-7-22)24-10-17-28-20(18-24)19-29-31(28)23-8-15-27(34-3)16-9-23/h4-19H,1-3H3. The summed E-state index contributed by atoms with van der Waals surface area (Å²) in [6.45, 7) is 0. The van der Waals surface area contributed by atoms with Gasteiger partial charge in [0.25, 0.3) is 0 Å². The minimum atomic E-state index is 0.814. The third kappa shape index (κ3) is 4.01. The number of rotatable bonds is 7. The molecule has 5 rings (SSSR count). The normalized spacial score (nSPS) is 10.8. The molecular weight excluding hydrogens is 426 g/mol. The zero-order valence-corrected chi connectivity index (χ0v) is 19.3. The van der Waals surface area contributed by atoms with Gasteiger partial charge in [-0.05, 0) is 91.0 Å². The van der Waals surface area contributed by atoms with Crippen LogP contribution in [0.3, 0.4) is 0 Å². The molecule has 0 amide bonds. The average molecular weight is 452 g/mol. The monoisotopic (exact) mass is 451 g/mol. The Morgan fingerprint density at radius 2 is 1.06 bits per heavy atom. The van der Waals surface area contributed by atoms with Crippen molar-refractivity contribution >= 4 is 28.0 Å². The van der Waals surface area contributed by atoms with Crippen molar-refractivity contribution in [1.82, 2.24) is 9.78 Å². The number of methoxy groups -OCH3 is 3. The lowest BCUT2D eigenvalue weighted by Gasteiger charge is -2.26. The SMILES string of the molecule is COc1ccc(N(c2ccc(OC)cc2)c2ccc3c(cnn3-c3ccc(OC)cc3)c2)cc1. The molecule has 6 nitrogen and oxygen atoms in total. The van der Waals surface area contributed by atoms with Gasteiger partial charge in [0, 0.05) is 22.4 Å². The van der Waals surface area contributed by atoms with E-state index in [-0.39, 0.29) is 0 Å². The van der Waals surface area contributed by atoms with Crippen molar-refractivity contribution in [3.05, 3.63) is 97.2 Å². The fourth-order valence-corrected chi connectivity index (χ4v) is 4.00. The highest BCUT2D eigenvalue weighted by molar-refractivity contribution is 5.88. The second kappa shape index (κ2) is 9.19. The van der Waals surface area contributed by atoms with Crippen LogP contribution in [0.1, 0.15) is 0 Å². The van der Waals surface area contributed by atoms with Gasteiger partial charge in [0.1, 0.15) is 17.2 Å². The summed E-state index contributed by atoms with van der Waals surface area (Å²) < 4.78 is 17.9. The first-order valence-electron chi connectivity index (χ1n) is 10.9. The number of benzene rings is 4. The molecule has 1 heterocycles. The van der Waals surface area contributed by atoms with Crippen molar-refractivity contribution in [2.45, 2.75) is 0 Å². The molecule has 34 heavy (non-hydrogen) atoms. The molecule has 0 atom stereocenters. The number of hydrogen-bond donors (Lipinski definition) is 0. The van der Waals surface area contributed by atoms with Crippen LogP contribution in [0.15, 0.2) is 97.2 Å². The molecule has 170 valence electrons. The van der Waals surface area contributed by atoms with E-state index in [1.54, 1.807) is 21.3 Å². The van der Waals surface area contributed by atoms with E-state index in [4.69, 9.17) is 14.2 Å². The molecule has 0 aliphatic heterocycles. The Morgan fingerprint density at radius 1 is 0.588 bits per heavy atom. The van der Waals surface area contributed by atoms with Crippen LogP contribution < -0.4 is 19.1 Å². The van der Waals surface area contributed by atoms with Crippen LogP contribution in [0.4, 0.5) is 17.1 Å². The van der Waals surface area contributed by atoms with Crippen molar-refractivity contribution in [3.8, 4) is 22.9 Å². The maximum Gasteiger partial charge on any atom is 0.119 e. The van der Waals surface area contributed by atoms with Gasteiger partial charge in [0.15, 0.2) is 0 Å². The van der Waals surface area contributed by atoms with E-state index < -0.39 is 0 Å². The predicted molar refractivity (Wildman–Crippen MR) is 135 cm³/mol. The Balaban J connectivity index is 1.58. The molecule has 0 aliphatic rings. The third-order valence-corrected chi connectivity index (χ3v) is 5.79. The van der Waals surface area contributed by atoms with E-state index in [0.717, 1.165) is 50.9 Å². The van der Waals surface area contributed by atoms with Crippen LogP contribution in [0, 0.1) is 0 Å². The molecule has 0 unspecified atom stereocenters. The molecule has 0 saturated carbocycles. The molecule has 0 aliphatic carbocycles. The Hall–Kier alpha value is -4.45. The highest BCUT2D eigenvalue weighted by Gasteiger charge is 2.15. The largest absolute Gasteiger partial charge is 0.497 e. The van der Waals surface area contributed by atoms with Gasteiger partial charge in [-0.15, -0.1) is 0 Å². The zero-order valence-electron chi connectivity index (χ0n) is 19.3.